The van der Waals surface area contributed by atoms with Crippen LogP contribution < -0.4 is 28.7 Å². The fourth-order valence-corrected chi connectivity index (χ4v) is 25.1. The van der Waals surface area contributed by atoms with Crippen molar-refractivity contribution in [2.75, 3.05) is 55.2 Å². The molecular weight excluding hydrogens is 1710 g/mol. The van der Waals surface area contributed by atoms with Crippen molar-refractivity contribution in [2.24, 2.45) is 0 Å². The van der Waals surface area contributed by atoms with Crippen molar-refractivity contribution < 1.29 is 36.1 Å². The van der Waals surface area contributed by atoms with E-state index in [1.807, 2.05) is 0 Å². The van der Waals surface area contributed by atoms with E-state index in [9.17, 15) is 8.78 Å². The molecule has 0 aromatic carbocycles. The van der Waals surface area contributed by atoms with Gasteiger partial charge in [-0.25, -0.2) is 58.6 Å². The van der Waals surface area contributed by atoms with Crippen LogP contribution in [0.1, 0.15) is 376 Å². The van der Waals surface area contributed by atoms with Gasteiger partial charge in [0.1, 0.15) is 160 Å². The number of rotatable bonds is 12. The molecule has 1 aliphatic heterocycles. The van der Waals surface area contributed by atoms with Gasteiger partial charge in [0.15, 0.2) is 0 Å². The normalized spacial score (nSPS) is 22.4. The van der Waals surface area contributed by atoms with Crippen LogP contribution in [0.3, 0.4) is 0 Å². The molecule has 7 saturated carbocycles. The SMILES string of the molecule is CC1CCc2c(c3c(N)ncnc3n2C(CF)CF)-c2noc(C3CC3)c21.CC1CCc2c(c3c(N)ncnc3n2C2CC=CC2)-c2noc(C3CC3)c21.CC1CCc2c(c3c(N)ncnc3n2C2CCOC2)-c2noc(C3CC3)c21.C[C@@H]1CCc2c(c3c(N)ncnc3n2C2CCCC2)-c2noc(C3CC3)c21.C[C@H]1CCc2c(c3c(N)ncnc3n2C2CCCC2)-c2noc(C3CC3)c21. The summed E-state index contributed by atoms with van der Waals surface area (Å²) < 4.78 is 73.7. The lowest BCUT2D eigenvalue weighted by Crippen LogP contribution is -2.16. The fraction of sp³-hybridized carbons (Fsp3) is 0.539. The monoisotopic (exact) mass is 1830 g/mol. The highest BCUT2D eigenvalue weighted by atomic mass is 19.1. The third-order valence-electron chi connectivity index (χ3n) is 32.5. The summed E-state index contributed by atoms with van der Waals surface area (Å²) in [5.74, 6) is 12.5. The highest BCUT2D eigenvalue weighted by Gasteiger charge is 2.47. The minimum Gasteiger partial charge on any atom is -0.383 e. The molecule has 6 atom stereocenters. The van der Waals surface area contributed by atoms with E-state index in [0.29, 0.717) is 125 Å². The molecule has 0 radical (unpaired) electrons. The van der Waals surface area contributed by atoms with Crippen LogP contribution in [0.25, 0.3) is 111 Å². The summed E-state index contributed by atoms with van der Waals surface area (Å²) >= 11 is 0. The van der Waals surface area contributed by atoms with Crippen molar-refractivity contribution in [3.63, 3.8) is 0 Å². The predicted octanol–water partition coefficient (Wildman–Crippen LogP) is 21.5. The van der Waals surface area contributed by atoms with Gasteiger partial charge >= 0.3 is 0 Å². The number of ether oxygens (including phenoxy) is 1. The zero-order chi connectivity index (χ0) is 91.2. The van der Waals surface area contributed by atoms with E-state index in [0.717, 1.165) is 237 Å². The maximum atomic E-state index is 13.6. The molecule has 31 nitrogen and oxygen atoms in total. The van der Waals surface area contributed by atoms with Crippen molar-refractivity contribution in [2.45, 2.75) is 323 Å². The first-order valence-corrected chi connectivity index (χ1v) is 50.1. The molecule has 29 rings (SSSR count). The number of anilines is 5. The van der Waals surface area contributed by atoms with Gasteiger partial charge in [-0.05, 0) is 203 Å². The maximum Gasteiger partial charge on any atom is 0.146 e. The van der Waals surface area contributed by atoms with Gasteiger partial charge in [0.05, 0.1) is 45.6 Å². The van der Waals surface area contributed by atoms with E-state index in [-0.39, 0.29) is 12.0 Å². The number of hydrogen-bond donors (Lipinski definition) is 5. The van der Waals surface area contributed by atoms with Gasteiger partial charge in [0, 0.05) is 138 Å². The number of halogens is 2. The van der Waals surface area contributed by atoms with E-state index < -0.39 is 19.4 Å². The standard InChI is InChI=1S/2C21H25N5O.C21H23N5O.C20H23N5O2.C19H21F2N5O/c3*1-11-6-9-14-16(18-15(11)19(27-25-18)12-7-8-12)17-20(22)23-10-24-21(17)26(14)13-4-2-3-5-13;1-10-2-5-13-15(17-14(10)18(27-24-17)11-3-4-11)16-19(21)22-9-23-20(16)25(13)12-6-7-26-8-12;1-9-2-5-12-14(16-13(9)17(27-25-16)10-3-4-10)15-18(22)23-8-24-19(15)26(12)11(6-20)7-21/h2*10-13H,2-9H2,1H3,(H2,22,23,24);2-3,10-13H,4-9H2,1H3,(H2,22,23,24);9-12H,2-8H2,1H3,(H2,21,22,23);8-11H,2-7H2,1H3,(H2,22,23,24)/t2*11-;;;/m10.../s1. The lowest BCUT2D eigenvalue weighted by molar-refractivity contribution is 0.186. The Balaban J connectivity index is 0.0000000900. The Kier molecular flexibility index (Phi) is 20.8. The van der Waals surface area contributed by atoms with E-state index >= 15 is 0 Å². The van der Waals surface area contributed by atoms with Crippen LogP contribution in [0.15, 0.2) is 66.4 Å². The summed E-state index contributed by atoms with van der Waals surface area (Å²) in [6, 6.07) is 0.779. The highest BCUT2D eigenvalue weighted by molar-refractivity contribution is 6.07. The number of allylic oxidation sites excluding steroid dienone is 2. The average Bonchev–Trinajstić information content (AvgIpc) is 1.58. The van der Waals surface area contributed by atoms with Crippen LogP contribution in [-0.2, 0) is 36.8 Å². The Morgan fingerprint density at radius 3 is 0.844 bits per heavy atom. The minimum atomic E-state index is -0.933. The van der Waals surface area contributed by atoms with E-state index in [2.05, 4.69) is 141 Å². The number of alkyl halides is 2. The zero-order valence-corrected chi connectivity index (χ0v) is 77.5. The van der Waals surface area contributed by atoms with Crippen LogP contribution in [0.4, 0.5) is 37.9 Å². The molecule has 0 amide bonds. The number of nitrogen functional groups attached to an aromatic ring is 5. The molecule has 13 aliphatic carbocycles. The van der Waals surface area contributed by atoms with E-state index in [1.54, 1.807) is 29.9 Å². The van der Waals surface area contributed by atoms with Crippen molar-refractivity contribution in [3.8, 4) is 56.3 Å². The third kappa shape index (κ3) is 13.9. The van der Waals surface area contributed by atoms with Gasteiger partial charge in [0.25, 0.3) is 0 Å². The largest absolute Gasteiger partial charge is 0.383 e. The van der Waals surface area contributed by atoms with Gasteiger partial charge in [-0.1, -0.05) is 98.2 Å². The Morgan fingerprint density at radius 2 is 0.570 bits per heavy atom. The highest BCUT2D eigenvalue weighted by Crippen LogP contribution is 2.60. The molecule has 33 heteroatoms. The summed E-state index contributed by atoms with van der Waals surface area (Å²) in [7, 11) is 0. The minimum absolute atomic E-state index is 0.248. The predicted molar refractivity (Wildman–Crippen MR) is 509 cm³/mol. The van der Waals surface area contributed by atoms with Crippen LogP contribution in [0, 0.1) is 0 Å². The van der Waals surface area contributed by atoms with Gasteiger partial charge in [-0.2, -0.15) is 0 Å². The Morgan fingerprint density at radius 1 is 0.311 bits per heavy atom. The molecule has 8 fully saturated rings. The fourth-order valence-electron chi connectivity index (χ4n) is 25.1. The van der Waals surface area contributed by atoms with Crippen molar-refractivity contribution >= 4 is 84.3 Å². The molecule has 15 aromatic heterocycles. The van der Waals surface area contributed by atoms with Crippen LogP contribution >= 0.6 is 0 Å². The molecular formula is C102H117F2N25O6. The first-order valence-electron chi connectivity index (χ1n) is 50.1. The molecule has 16 heterocycles. The number of hydrogen-bond acceptors (Lipinski definition) is 26. The summed E-state index contributed by atoms with van der Waals surface area (Å²) in [5.41, 5.74) is 58.3. The second kappa shape index (κ2) is 33.3. The summed E-state index contributed by atoms with van der Waals surface area (Å²) in [6.07, 6.45) is 47.1. The lowest BCUT2D eigenvalue weighted by Gasteiger charge is -2.17. The van der Waals surface area contributed by atoms with Crippen LogP contribution in [0.5, 0.6) is 0 Å². The lowest BCUT2D eigenvalue weighted by atomic mass is 9.94. The molecule has 700 valence electrons. The summed E-state index contributed by atoms with van der Waals surface area (Å²) in [6.45, 7) is 11.3. The topological polar surface area (TPSA) is 423 Å². The Hall–Kier alpha value is -12.3. The maximum absolute atomic E-state index is 13.6. The first-order chi connectivity index (χ1) is 66.1. The van der Waals surface area contributed by atoms with Crippen molar-refractivity contribution in [1.29, 1.82) is 0 Å². The van der Waals surface area contributed by atoms with E-state index in [4.69, 9.17) is 56.0 Å². The molecule has 0 bridgehead atoms. The summed E-state index contributed by atoms with van der Waals surface area (Å²) in [4.78, 5) is 44.4. The van der Waals surface area contributed by atoms with Gasteiger partial charge in [0.2, 0.25) is 0 Å². The molecule has 15 aromatic rings. The number of fused-ring (bicyclic) bond motifs is 25. The van der Waals surface area contributed by atoms with Gasteiger partial charge in [-0.15, -0.1) is 0 Å². The van der Waals surface area contributed by atoms with Crippen molar-refractivity contribution in [3.05, 3.63) is 129 Å². The van der Waals surface area contributed by atoms with Gasteiger partial charge < -0.3 is 78.9 Å². The molecule has 135 heavy (non-hydrogen) atoms. The smallest absolute Gasteiger partial charge is 0.146 e. The average molecular weight is 1830 g/mol. The number of nitrogens with zero attached hydrogens (tertiary/aromatic N) is 20. The van der Waals surface area contributed by atoms with E-state index in [1.165, 1.54) is 154 Å². The van der Waals surface area contributed by atoms with Crippen LogP contribution in [-0.4, -0.2) is 125 Å². The second-order valence-electron chi connectivity index (χ2n) is 41.3. The Labute approximate surface area is 778 Å². The third-order valence-corrected chi connectivity index (χ3v) is 32.5. The number of aromatic nitrogens is 20. The summed E-state index contributed by atoms with van der Waals surface area (Å²) in [5, 5.41) is 27.2. The molecule has 14 aliphatic rings. The quantitative estimate of drug-likeness (QED) is 0.0709. The molecule has 0 spiro atoms. The number of nitrogens with two attached hydrogens (primary N) is 5. The van der Waals surface area contributed by atoms with Crippen molar-refractivity contribution in [1.82, 2.24) is 98.5 Å². The van der Waals surface area contributed by atoms with Gasteiger partial charge in [-0.3, -0.25) is 0 Å². The second-order valence-corrected chi connectivity index (χ2v) is 41.3. The molecule has 1 saturated heterocycles. The zero-order valence-electron chi connectivity index (χ0n) is 77.5. The Bertz CT molecular complexity index is 6250. The van der Waals surface area contributed by atoms with Crippen LogP contribution in [0.2, 0.25) is 0 Å². The first kappa shape index (κ1) is 84.5. The molecule has 10 N–H and O–H groups in total. The molecule has 4 unspecified atom stereocenters.